The van der Waals surface area contributed by atoms with E-state index in [0.29, 0.717) is 22.8 Å². The number of aryl methyl sites for hydroxylation is 1. The van der Waals surface area contributed by atoms with Crippen molar-refractivity contribution in [2.75, 3.05) is 4.90 Å². The van der Waals surface area contributed by atoms with Crippen LogP contribution in [0, 0.1) is 5.82 Å². The number of hydrogen-bond donors (Lipinski definition) is 0. The first-order chi connectivity index (χ1) is 18.3. The van der Waals surface area contributed by atoms with E-state index in [1.165, 1.54) is 16.7 Å². The molecular weight excluding hydrogens is 534 g/mol. The Balaban J connectivity index is 1.47. The SMILES string of the molecule is CC1CCn2nc(-c3c(Cl)cnn3C(C)C)cc2N1Cc1ccc(-c2nc(C(F)(F)F)cn2C(C)C)c(F)c1. The van der Waals surface area contributed by atoms with Crippen LogP contribution in [0.2, 0.25) is 5.02 Å². The van der Waals surface area contributed by atoms with Crippen molar-refractivity contribution >= 4 is 17.4 Å². The van der Waals surface area contributed by atoms with Crippen LogP contribution in [0.5, 0.6) is 0 Å². The molecule has 1 aliphatic rings. The van der Waals surface area contributed by atoms with Gasteiger partial charge in [-0.1, -0.05) is 17.7 Å². The van der Waals surface area contributed by atoms with E-state index < -0.39 is 17.7 Å². The highest BCUT2D eigenvalue weighted by Crippen LogP contribution is 2.36. The summed E-state index contributed by atoms with van der Waals surface area (Å²) in [4.78, 5) is 5.88. The van der Waals surface area contributed by atoms with Crippen molar-refractivity contribution in [3.63, 3.8) is 0 Å². The third-order valence-corrected chi connectivity index (χ3v) is 7.31. The van der Waals surface area contributed by atoms with Gasteiger partial charge in [-0.05, 0) is 58.7 Å². The molecule has 0 spiro atoms. The van der Waals surface area contributed by atoms with Crippen LogP contribution < -0.4 is 4.90 Å². The highest BCUT2D eigenvalue weighted by atomic mass is 35.5. The highest BCUT2D eigenvalue weighted by Gasteiger charge is 2.36. The van der Waals surface area contributed by atoms with Crippen LogP contribution >= 0.6 is 11.6 Å². The maximum absolute atomic E-state index is 15.4. The molecule has 4 heterocycles. The molecule has 0 N–H and O–H groups in total. The van der Waals surface area contributed by atoms with Gasteiger partial charge in [0.25, 0.3) is 0 Å². The summed E-state index contributed by atoms with van der Waals surface area (Å²) in [6.45, 7) is 10.7. The van der Waals surface area contributed by atoms with E-state index in [2.05, 4.69) is 21.9 Å². The van der Waals surface area contributed by atoms with Gasteiger partial charge in [0.05, 0.1) is 16.8 Å². The zero-order valence-electron chi connectivity index (χ0n) is 22.3. The van der Waals surface area contributed by atoms with Crippen LogP contribution in [-0.4, -0.2) is 35.2 Å². The summed E-state index contributed by atoms with van der Waals surface area (Å²) >= 11 is 6.46. The van der Waals surface area contributed by atoms with Crippen molar-refractivity contribution in [3.8, 4) is 22.8 Å². The van der Waals surface area contributed by atoms with E-state index in [1.54, 1.807) is 26.1 Å². The number of nitrogens with zero attached hydrogens (tertiary/aromatic N) is 7. The van der Waals surface area contributed by atoms with E-state index in [4.69, 9.17) is 16.7 Å². The number of aromatic nitrogens is 6. The molecule has 0 amide bonds. The van der Waals surface area contributed by atoms with E-state index in [9.17, 15) is 13.2 Å². The Hall–Kier alpha value is -3.34. The van der Waals surface area contributed by atoms with Crippen molar-refractivity contribution in [2.24, 2.45) is 0 Å². The predicted octanol–water partition coefficient (Wildman–Crippen LogP) is 7.38. The smallest absolute Gasteiger partial charge is 0.350 e. The quantitative estimate of drug-likeness (QED) is 0.230. The first kappa shape index (κ1) is 27.2. The van der Waals surface area contributed by atoms with Crippen LogP contribution in [0.15, 0.2) is 36.7 Å². The van der Waals surface area contributed by atoms with Gasteiger partial charge in [-0.25, -0.2) is 14.1 Å². The average molecular weight is 564 g/mol. The summed E-state index contributed by atoms with van der Waals surface area (Å²) < 4.78 is 60.5. The minimum Gasteiger partial charge on any atom is -0.350 e. The molecule has 1 unspecified atom stereocenters. The van der Waals surface area contributed by atoms with Crippen molar-refractivity contribution < 1.29 is 17.6 Å². The van der Waals surface area contributed by atoms with Gasteiger partial charge in [-0.15, -0.1) is 0 Å². The van der Waals surface area contributed by atoms with Gasteiger partial charge in [-0.3, -0.25) is 4.68 Å². The summed E-state index contributed by atoms with van der Waals surface area (Å²) in [6, 6.07) is 6.51. The maximum atomic E-state index is 15.4. The number of rotatable bonds is 6. The molecular formula is C27H30ClF4N7. The minimum absolute atomic E-state index is 0.0264. The summed E-state index contributed by atoms with van der Waals surface area (Å²) in [6.07, 6.45) is -1.23. The largest absolute Gasteiger partial charge is 0.434 e. The van der Waals surface area contributed by atoms with Crippen molar-refractivity contribution in [1.29, 1.82) is 0 Å². The number of halogens is 5. The van der Waals surface area contributed by atoms with E-state index in [1.807, 2.05) is 29.3 Å². The van der Waals surface area contributed by atoms with Gasteiger partial charge in [-0.2, -0.15) is 23.4 Å². The molecule has 208 valence electrons. The highest BCUT2D eigenvalue weighted by molar-refractivity contribution is 6.32. The van der Waals surface area contributed by atoms with Gasteiger partial charge in [0.1, 0.15) is 28.8 Å². The second-order valence-electron chi connectivity index (χ2n) is 10.5. The Bertz CT molecular complexity index is 1500. The lowest BCUT2D eigenvalue weighted by Crippen LogP contribution is -2.39. The molecule has 0 saturated carbocycles. The number of imidazole rings is 1. The molecule has 0 bridgehead atoms. The lowest BCUT2D eigenvalue weighted by molar-refractivity contribution is -0.140. The molecule has 5 rings (SSSR count). The molecule has 0 aliphatic carbocycles. The fourth-order valence-electron chi connectivity index (χ4n) is 4.98. The van der Waals surface area contributed by atoms with Crippen LogP contribution in [0.3, 0.4) is 0 Å². The fraction of sp³-hybridized carbons (Fsp3) is 0.444. The number of fused-ring (bicyclic) bond motifs is 1. The third kappa shape index (κ3) is 5.04. The third-order valence-electron chi connectivity index (χ3n) is 7.03. The Kier molecular flexibility index (Phi) is 6.98. The minimum atomic E-state index is -4.62. The predicted molar refractivity (Wildman–Crippen MR) is 142 cm³/mol. The number of benzene rings is 1. The molecule has 7 nitrogen and oxygen atoms in total. The summed E-state index contributed by atoms with van der Waals surface area (Å²) in [7, 11) is 0. The molecule has 1 aromatic carbocycles. The lowest BCUT2D eigenvalue weighted by Gasteiger charge is -2.35. The first-order valence-electron chi connectivity index (χ1n) is 12.9. The number of alkyl halides is 3. The standard InChI is InChI=1S/C27H30ClF4N7/c1-15(2)36-14-23(27(30,31)32)34-26(36)19-7-6-18(10-21(19)29)13-37-17(5)8-9-38-24(37)11-22(35-38)25-20(28)12-33-39(25)16(3)4/h6-7,10-12,14-17H,8-9,13H2,1-5H3. The van der Waals surface area contributed by atoms with Crippen molar-refractivity contribution in [3.05, 3.63) is 58.8 Å². The fourth-order valence-corrected chi connectivity index (χ4v) is 5.20. The summed E-state index contributed by atoms with van der Waals surface area (Å²) in [5.41, 5.74) is 1.12. The lowest BCUT2D eigenvalue weighted by atomic mass is 10.1. The molecule has 0 radical (unpaired) electrons. The number of hydrogen-bond acceptors (Lipinski definition) is 4. The Morgan fingerprint density at radius 1 is 1.10 bits per heavy atom. The zero-order chi connectivity index (χ0) is 28.2. The molecule has 0 fully saturated rings. The van der Waals surface area contributed by atoms with Crippen LogP contribution in [0.1, 0.15) is 64.4 Å². The van der Waals surface area contributed by atoms with E-state index in [0.717, 1.165) is 30.7 Å². The molecule has 12 heteroatoms. The Morgan fingerprint density at radius 2 is 1.85 bits per heavy atom. The maximum Gasteiger partial charge on any atom is 0.434 e. The second kappa shape index (κ2) is 10.0. The summed E-state index contributed by atoms with van der Waals surface area (Å²) in [5.74, 6) is 0.209. The van der Waals surface area contributed by atoms with Gasteiger partial charge in [0.15, 0.2) is 5.69 Å². The van der Waals surface area contributed by atoms with Gasteiger partial charge in [0, 0.05) is 43.5 Å². The van der Waals surface area contributed by atoms with Crippen LogP contribution in [-0.2, 0) is 19.3 Å². The normalized spacial score (nSPS) is 16.0. The second-order valence-corrected chi connectivity index (χ2v) is 10.9. The Labute approximate surface area is 229 Å². The van der Waals surface area contributed by atoms with Crippen molar-refractivity contribution in [2.45, 2.75) is 78.4 Å². The van der Waals surface area contributed by atoms with Gasteiger partial charge in [0.2, 0.25) is 0 Å². The topological polar surface area (TPSA) is 56.7 Å². The van der Waals surface area contributed by atoms with Gasteiger partial charge < -0.3 is 9.47 Å². The molecule has 1 atom stereocenters. The van der Waals surface area contributed by atoms with Crippen LogP contribution in [0.4, 0.5) is 23.4 Å². The van der Waals surface area contributed by atoms with Crippen LogP contribution in [0.25, 0.3) is 22.8 Å². The Morgan fingerprint density at radius 3 is 2.49 bits per heavy atom. The molecule has 3 aromatic heterocycles. The average Bonchev–Trinajstić information content (AvgIpc) is 3.57. The zero-order valence-corrected chi connectivity index (χ0v) is 23.1. The molecule has 4 aromatic rings. The van der Waals surface area contributed by atoms with E-state index >= 15 is 4.39 Å². The van der Waals surface area contributed by atoms with Crippen molar-refractivity contribution in [1.82, 2.24) is 29.1 Å². The summed E-state index contributed by atoms with van der Waals surface area (Å²) in [5, 5.41) is 9.70. The molecule has 39 heavy (non-hydrogen) atoms. The monoisotopic (exact) mass is 563 g/mol. The molecule has 1 aliphatic heterocycles. The number of anilines is 1. The van der Waals surface area contributed by atoms with E-state index in [-0.39, 0.29) is 29.5 Å². The molecule has 0 saturated heterocycles. The van der Waals surface area contributed by atoms with Gasteiger partial charge >= 0.3 is 6.18 Å². The first-order valence-corrected chi connectivity index (χ1v) is 13.3.